The summed E-state index contributed by atoms with van der Waals surface area (Å²) in [4.78, 5) is 19.1. The Labute approximate surface area is 181 Å². The lowest BCUT2D eigenvalue weighted by Gasteiger charge is -2.19. The Morgan fingerprint density at radius 3 is 2.37 bits per heavy atom. The summed E-state index contributed by atoms with van der Waals surface area (Å²) in [6.45, 7) is 10.5. The number of hydrogen-bond acceptors (Lipinski definition) is 4. The number of ether oxygens (including phenoxy) is 1. The first-order valence-electron chi connectivity index (χ1n) is 10.0. The summed E-state index contributed by atoms with van der Waals surface area (Å²) < 4.78 is 5.76. The van der Waals surface area contributed by atoms with Crippen LogP contribution in [-0.2, 0) is 5.41 Å². The zero-order chi connectivity index (χ0) is 21.5. The summed E-state index contributed by atoms with van der Waals surface area (Å²) >= 11 is 1.61. The number of esters is 1. The van der Waals surface area contributed by atoms with Gasteiger partial charge in [0.25, 0.3) is 0 Å². The first kappa shape index (κ1) is 20.3. The van der Waals surface area contributed by atoms with E-state index in [2.05, 4.69) is 26.8 Å². The Morgan fingerprint density at radius 2 is 1.73 bits per heavy atom. The van der Waals surface area contributed by atoms with E-state index < -0.39 is 0 Å². The van der Waals surface area contributed by atoms with Gasteiger partial charge in [0.1, 0.15) is 5.75 Å². The Balaban J connectivity index is 1.77. The van der Waals surface area contributed by atoms with Gasteiger partial charge in [-0.15, -0.1) is 11.3 Å². The number of pyridine rings is 1. The molecule has 2 aromatic heterocycles. The van der Waals surface area contributed by atoms with Crippen molar-refractivity contribution in [2.75, 3.05) is 0 Å². The standard InChI is InChI=1S/C26H25NO2S/c1-16-13-17(2)24-20(14-16)21(15-22(27-24)23-7-6-12-30-23)25(28)29-19-10-8-18(9-11-19)26(3,4)5/h6-15H,1-5H3. The minimum Gasteiger partial charge on any atom is -0.423 e. The smallest absolute Gasteiger partial charge is 0.344 e. The highest BCUT2D eigenvalue weighted by Crippen LogP contribution is 2.31. The van der Waals surface area contributed by atoms with Gasteiger partial charge >= 0.3 is 5.97 Å². The second-order valence-corrected chi connectivity index (χ2v) is 9.62. The van der Waals surface area contributed by atoms with E-state index in [-0.39, 0.29) is 11.4 Å². The molecule has 0 spiro atoms. The van der Waals surface area contributed by atoms with Crippen LogP contribution >= 0.6 is 11.3 Å². The van der Waals surface area contributed by atoms with Crippen LogP contribution in [0.25, 0.3) is 21.5 Å². The van der Waals surface area contributed by atoms with Gasteiger partial charge in [-0.2, -0.15) is 0 Å². The summed E-state index contributed by atoms with van der Waals surface area (Å²) in [5, 5.41) is 2.84. The molecule has 0 bridgehead atoms. The number of rotatable bonds is 3. The summed E-state index contributed by atoms with van der Waals surface area (Å²) in [6, 6.07) is 17.7. The quantitative estimate of drug-likeness (QED) is 0.265. The third-order valence-electron chi connectivity index (χ3n) is 5.17. The zero-order valence-corrected chi connectivity index (χ0v) is 18.8. The fraction of sp³-hybridized carbons (Fsp3) is 0.231. The molecule has 4 rings (SSSR count). The van der Waals surface area contributed by atoms with Gasteiger partial charge in [-0.25, -0.2) is 9.78 Å². The third-order valence-corrected chi connectivity index (χ3v) is 6.07. The number of aromatic nitrogens is 1. The average Bonchev–Trinajstić information content (AvgIpc) is 3.22. The predicted octanol–water partition coefficient (Wildman–Crippen LogP) is 7.10. The number of benzene rings is 2. The van der Waals surface area contributed by atoms with Crippen molar-refractivity contribution in [1.29, 1.82) is 0 Å². The summed E-state index contributed by atoms with van der Waals surface area (Å²) in [5.74, 6) is 0.175. The molecule has 0 fully saturated rings. The average molecular weight is 416 g/mol. The van der Waals surface area contributed by atoms with Crippen LogP contribution in [0, 0.1) is 13.8 Å². The molecule has 152 valence electrons. The molecule has 4 aromatic rings. The minimum atomic E-state index is -0.367. The van der Waals surface area contributed by atoms with Crippen molar-refractivity contribution in [1.82, 2.24) is 4.98 Å². The van der Waals surface area contributed by atoms with Crippen LogP contribution in [0.2, 0.25) is 0 Å². The maximum absolute atomic E-state index is 13.2. The van der Waals surface area contributed by atoms with Crippen molar-refractivity contribution in [3.8, 4) is 16.3 Å². The van der Waals surface area contributed by atoms with Crippen molar-refractivity contribution in [3.63, 3.8) is 0 Å². The molecular formula is C26H25NO2S. The number of fused-ring (bicyclic) bond motifs is 1. The first-order valence-corrected chi connectivity index (χ1v) is 10.9. The predicted molar refractivity (Wildman–Crippen MR) is 125 cm³/mol. The third kappa shape index (κ3) is 4.01. The molecule has 2 heterocycles. The van der Waals surface area contributed by atoms with Gasteiger partial charge in [-0.3, -0.25) is 0 Å². The van der Waals surface area contributed by atoms with Gasteiger partial charge in [-0.1, -0.05) is 50.6 Å². The first-order chi connectivity index (χ1) is 14.2. The van der Waals surface area contributed by atoms with E-state index in [1.165, 1.54) is 5.56 Å². The van der Waals surface area contributed by atoms with Gasteiger partial charge in [-0.05, 0) is 66.1 Å². The highest BCUT2D eigenvalue weighted by atomic mass is 32.1. The highest BCUT2D eigenvalue weighted by Gasteiger charge is 2.19. The minimum absolute atomic E-state index is 0.0501. The second kappa shape index (κ2) is 7.69. The van der Waals surface area contributed by atoms with Crippen molar-refractivity contribution in [2.24, 2.45) is 0 Å². The molecule has 0 radical (unpaired) electrons. The van der Waals surface area contributed by atoms with Crippen molar-refractivity contribution >= 4 is 28.2 Å². The molecule has 0 saturated heterocycles. The lowest BCUT2D eigenvalue weighted by molar-refractivity contribution is 0.0737. The van der Waals surface area contributed by atoms with Crippen LogP contribution in [0.1, 0.15) is 47.8 Å². The molecule has 0 aliphatic carbocycles. The number of aryl methyl sites for hydroxylation is 2. The highest BCUT2D eigenvalue weighted by molar-refractivity contribution is 7.13. The van der Waals surface area contributed by atoms with Crippen LogP contribution in [0.4, 0.5) is 0 Å². The molecular weight excluding hydrogens is 390 g/mol. The van der Waals surface area contributed by atoms with Gasteiger partial charge < -0.3 is 4.74 Å². The van der Waals surface area contributed by atoms with E-state index in [0.717, 1.165) is 32.6 Å². The van der Waals surface area contributed by atoms with Crippen LogP contribution < -0.4 is 4.74 Å². The number of nitrogens with zero attached hydrogens (tertiary/aromatic N) is 1. The van der Waals surface area contributed by atoms with E-state index in [9.17, 15) is 4.79 Å². The van der Waals surface area contributed by atoms with Gasteiger partial charge in [0.15, 0.2) is 0 Å². The van der Waals surface area contributed by atoms with Crippen LogP contribution in [0.3, 0.4) is 0 Å². The number of thiophene rings is 1. The monoisotopic (exact) mass is 415 g/mol. The topological polar surface area (TPSA) is 39.2 Å². The van der Waals surface area contributed by atoms with Crippen LogP contribution in [-0.4, -0.2) is 11.0 Å². The number of hydrogen-bond donors (Lipinski definition) is 0. The second-order valence-electron chi connectivity index (χ2n) is 8.67. The van der Waals surface area contributed by atoms with Crippen molar-refractivity contribution in [2.45, 2.75) is 40.0 Å². The summed E-state index contributed by atoms with van der Waals surface area (Å²) in [7, 11) is 0. The Morgan fingerprint density at radius 1 is 1.00 bits per heavy atom. The molecule has 0 unspecified atom stereocenters. The van der Waals surface area contributed by atoms with E-state index >= 15 is 0 Å². The molecule has 0 aliphatic heterocycles. The largest absolute Gasteiger partial charge is 0.423 e. The van der Waals surface area contributed by atoms with E-state index in [1.807, 2.05) is 67.8 Å². The van der Waals surface area contributed by atoms with Crippen LogP contribution in [0.5, 0.6) is 5.75 Å². The molecule has 0 amide bonds. The van der Waals surface area contributed by atoms with E-state index in [1.54, 1.807) is 11.3 Å². The molecule has 0 aliphatic rings. The SMILES string of the molecule is Cc1cc(C)c2nc(-c3cccs3)cc(C(=O)Oc3ccc(C(C)(C)C)cc3)c2c1. The lowest BCUT2D eigenvalue weighted by Crippen LogP contribution is -2.12. The fourth-order valence-corrected chi connectivity index (χ4v) is 4.27. The van der Waals surface area contributed by atoms with Crippen LogP contribution in [0.15, 0.2) is 60.0 Å². The fourth-order valence-electron chi connectivity index (χ4n) is 3.59. The van der Waals surface area contributed by atoms with Gasteiger partial charge in [0.05, 0.1) is 21.7 Å². The van der Waals surface area contributed by atoms with E-state index in [0.29, 0.717) is 11.3 Å². The van der Waals surface area contributed by atoms with Gasteiger partial charge in [0.2, 0.25) is 0 Å². The maximum Gasteiger partial charge on any atom is 0.344 e. The molecule has 0 N–H and O–H groups in total. The van der Waals surface area contributed by atoms with Gasteiger partial charge in [0, 0.05) is 5.39 Å². The summed E-state index contributed by atoms with van der Waals surface area (Å²) in [6.07, 6.45) is 0. The van der Waals surface area contributed by atoms with Crippen molar-refractivity contribution < 1.29 is 9.53 Å². The molecule has 3 nitrogen and oxygen atoms in total. The normalized spacial score (nSPS) is 11.6. The lowest BCUT2D eigenvalue weighted by atomic mass is 9.87. The Bertz CT molecular complexity index is 1220. The maximum atomic E-state index is 13.2. The molecule has 30 heavy (non-hydrogen) atoms. The Hall–Kier alpha value is -2.98. The van der Waals surface area contributed by atoms with Crippen molar-refractivity contribution in [3.05, 3.63) is 82.2 Å². The Kier molecular flexibility index (Phi) is 5.20. The number of carbonyl (C=O) groups excluding carboxylic acids is 1. The molecule has 4 heteroatoms. The summed E-state index contributed by atoms with van der Waals surface area (Å²) in [5.41, 5.74) is 5.55. The zero-order valence-electron chi connectivity index (χ0n) is 17.9. The van der Waals surface area contributed by atoms with E-state index in [4.69, 9.17) is 9.72 Å². The molecule has 0 atom stereocenters. The molecule has 2 aromatic carbocycles. The number of carbonyl (C=O) groups is 1. The molecule has 0 saturated carbocycles.